The van der Waals surface area contributed by atoms with Gasteiger partial charge < -0.3 is 14.6 Å². The summed E-state index contributed by atoms with van der Waals surface area (Å²) in [5, 5.41) is 8.84. The Hall–Kier alpha value is -2.08. The Bertz CT molecular complexity index is 433. The fraction of sp³-hybridized carbons (Fsp3) is 0.333. The van der Waals surface area contributed by atoms with Crippen molar-refractivity contribution in [2.45, 2.75) is 12.8 Å². The van der Waals surface area contributed by atoms with E-state index in [2.05, 4.69) is 0 Å². The number of carboxylic acids is 1. The number of carbonyl (C=O) groups is 2. The standard InChI is InChI=1S/C12H13NO5/c14-11(15)10-13(6-7-17-10)12(16)18-8-9-4-2-1-3-5-9/h1-5,10H,6-8H2,(H,14,15)/t10-/m1/s1. The summed E-state index contributed by atoms with van der Waals surface area (Å²) in [5.41, 5.74) is 0.845. The van der Waals surface area contributed by atoms with Gasteiger partial charge in [-0.05, 0) is 5.56 Å². The summed E-state index contributed by atoms with van der Waals surface area (Å²) in [7, 11) is 0. The van der Waals surface area contributed by atoms with Gasteiger partial charge in [0.1, 0.15) is 6.61 Å². The van der Waals surface area contributed by atoms with Crippen LogP contribution in [0.1, 0.15) is 5.56 Å². The number of aliphatic carboxylic acids is 1. The third-order valence-corrected chi connectivity index (χ3v) is 2.54. The first-order chi connectivity index (χ1) is 8.68. The molecule has 1 aromatic rings. The maximum absolute atomic E-state index is 11.7. The molecule has 0 saturated carbocycles. The monoisotopic (exact) mass is 251 g/mol. The van der Waals surface area contributed by atoms with Gasteiger partial charge in [-0.2, -0.15) is 0 Å². The number of benzene rings is 1. The minimum atomic E-state index is -1.24. The molecule has 0 bridgehead atoms. The van der Waals surface area contributed by atoms with Crippen LogP contribution in [-0.2, 0) is 20.9 Å². The molecule has 96 valence electrons. The fourth-order valence-electron chi connectivity index (χ4n) is 1.66. The summed E-state index contributed by atoms with van der Waals surface area (Å²) in [5.74, 6) is -1.19. The second-order valence-corrected chi connectivity index (χ2v) is 3.79. The van der Waals surface area contributed by atoms with Crippen molar-refractivity contribution < 1.29 is 24.2 Å². The largest absolute Gasteiger partial charge is 0.478 e. The highest BCUT2D eigenvalue weighted by Gasteiger charge is 2.36. The molecular weight excluding hydrogens is 238 g/mol. The third-order valence-electron chi connectivity index (χ3n) is 2.54. The van der Waals surface area contributed by atoms with Crippen LogP contribution in [0.25, 0.3) is 0 Å². The molecule has 0 aromatic heterocycles. The van der Waals surface area contributed by atoms with Crippen LogP contribution in [-0.4, -0.2) is 41.4 Å². The first-order valence-electron chi connectivity index (χ1n) is 5.50. The topological polar surface area (TPSA) is 76.1 Å². The maximum atomic E-state index is 11.7. The Morgan fingerprint density at radius 3 is 2.78 bits per heavy atom. The summed E-state index contributed by atoms with van der Waals surface area (Å²) >= 11 is 0. The molecular formula is C12H13NO5. The van der Waals surface area contributed by atoms with E-state index in [1.54, 1.807) is 0 Å². The molecule has 18 heavy (non-hydrogen) atoms. The van der Waals surface area contributed by atoms with Crippen LogP contribution in [0.2, 0.25) is 0 Å². The van der Waals surface area contributed by atoms with Crippen LogP contribution < -0.4 is 0 Å². The van der Waals surface area contributed by atoms with Crippen LogP contribution >= 0.6 is 0 Å². The third kappa shape index (κ3) is 2.78. The predicted octanol–water partition coefficient (Wildman–Crippen LogP) is 1.07. The number of rotatable bonds is 3. The Labute approximate surface area is 104 Å². The lowest BCUT2D eigenvalue weighted by Crippen LogP contribution is -2.41. The minimum Gasteiger partial charge on any atom is -0.478 e. The SMILES string of the molecule is O=C(O)[C@H]1OCCN1C(=O)OCc1ccccc1. The molecule has 0 spiro atoms. The van der Waals surface area contributed by atoms with Crippen molar-refractivity contribution in [3.63, 3.8) is 0 Å². The van der Waals surface area contributed by atoms with Gasteiger partial charge in [0.05, 0.1) is 13.2 Å². The smallest absolute Gasteiger partial charge is 0.412 e. The van der Waals surface area contributed by atoms with E-state index in [4.69, 9.17) is 14.6 Å². The lowest BCUT2D eigenvalue weighted by Gasteiger charge is -2.19. The average Bonchev–Trinajstić information content (AvgIpc) is 2.86. The maximum Gasteiger partial charge on any atom is 0.412 e. The lowest BCUT2D eigenvalue weighted by atomic mass is 10.2. The number of ether oxygens (including phenoxy) is 2. The number of amides is 1. The summed E-state index contributed by atoms with van der Waals surface area (Å²) in [6.07, 6.45) is -1.92. The zero-order valence-corrected chi connectivity index (χ0v) is 9.61. The highest BCUT2D eigenvalue weighted by molar-refractivity contribution is 5.79. The zero-order valence-electron chi connectivity index (χ0n) is 9.61. The van der Waals surface area contributed by atoms with Gasteiger partial charge in [0.25, 0.3) is 0 Å². The van der Waals surface area contributed by atoms with Gasteiger partial charge in [0, 0.05) is 0 Å². The number of hydrogen-bond donors (Lipinski definition) is 1. The van der Waals surface area contributed by atoms with Crippen LogP contribution in [0.4, 0.5) is 4.79 Å². The quantitative estimate of drug-likeness (QED) is 0.869. The van der Waals surface area contributed by atoms with Crippen LogP contribution in [0.15, 0.2) is 30.3 Å². The molecule has 1 aliphatic rings. The summed E-state index contributed by atoms with van der Waals surface area (Å²) < 4.78 is 9.96. The van der Waals surface area contributed by atoms with E-state index in [1.165, 1.54) is 0 Å². The van der Waals surface area contributed by atoms with Gasteiger partial charge in [-0.25, -0.2) is 9.59 Å². The molecule has 2 rings (SSSR count). The van der Waals surface area contributed by atoms with E-state index in [0.29, 0.717) is 0 Å². The second-order valence-electron chi connectivity index (χ2n) is 3.79. The number of hydrogen-bond acceptors (Lipinski definition) is 4. The van der Waals surface area contributed by atoms with Crippen LogP contribution in [0.3, 0.4) is 0 Å². The normalized spacial score (nSPS) is 18.7. The molecule has 1 atom stereocenters. The molecule has 1 fully saturated rings. The van der Waals surface area contributed by atoms with Crippen molar-refractivity contribution in [2.24, 2.45) is 0 Å². The fourth-order valence-corrected chi connectivity index (χ4v) is 1.66. The van der Waals surface area contributed by atoms with Crippen molar-refractivity contribution >= 4 is 12.1 Å². The lowest BCUT2D eigenvalue weighted by molar-refractivity contribution is -0.153. The number of carbonyl (C=O) groups excluding carboxylic acids is 1. The Morgan fingerprint density at radius 2 is 2.11 bits per heavy atom. The second kappa shape index (κ2) is 5.50. The van der Waals surface area contributed by atoms with Crippen molar-refractivity contribution in [2.75, 3.05) is 13.2 Å². The molecule has 1 saturated heterocycles. The van der Waals surface area contributed by atoms with E-state index in [0.717, 1.165) is 10.5 Å². The first-order valence-corrected chi connectivity index (χ1v) is 5.50. The Balaban J connectivity index is 1.90. The molecule has 0 unspecified atom stereocenters. The number of nitrogens with zero attached hydrogens (tertiary/aromatic N) is 1. The van der Waals surface area contributed by atoms with Gasteiger partial charge in [-0.15, -0.1) is 0 Å². The molecule has 1 amide bonds. The van der Waals surface area contributed by atoms with Gasteiger partial charge >= 0.3 is 12.1 Å². The van der Waals surface area contributed by atoms with Crippen LogP contribution in [0.5, 0.6) is 0 Å². The number of carboxylic acid groups (broad SMARTS) is 1. The van der Waals surface area contributed by atoms with Gasteiger partial charge in [0.2, 0.25) is 6.23 Å². The molecule has 1 aliphatic heterocycles. The predicted molar refractivity (Wildman–Crippen MR) is 60.7 cm³/mol. The molecule has 6 heteroatoms. The van der Waals surface area contributed by atoms with Gasteiger partial charge in [-0.3, -0.25) is 4.90 Å². The average molecular weight is 251 g/mol. The van der Waals surface area contributed by atoms with E-state index in [1.807, 2.05) is 30.3 Å². The van der Waals surface area contributed by atoms with Crippen molar-refractivity contribution in [3.05, 3.63) is 35.9 Å². The van der Waals surface area contributed by atoms with E-state index < -0.39 is 18.3 Å². The highest BCUT2D eigenvalue weighted by atomic mass is 16.6. The molecule has 0 aliphatic carbocycles. The van der Waals surface area contributed by atoms with Crippen LogP contribution in [0, 0.1) is 0 Å². The molecule has 6 nitrogen and oxygen atoms in total. The summed E-state index contributed by atoms with van der Waals surface area (Å²) in [4.78, 5) is 23.6. The Morgan fingerprint density at radius 1 is 1.39 bits per heavy atom. The van der Waals surface area contributed by atoms with Crippen molar-refractivity contribution in [1.82, 2.24) is 4.90 Å². The summed E-state index contributed by atoms with van der Waals surface area (Å²) in [6, 6.07) is 9.18. The summed E-state index contributed by atoms with van der Waals surface area (Å²) in [6.45, 7) is 0.546. The van der Waals surface area contributed by atoms with E-state index in [9.17, 15) is 9.59 Å². The minimum absolute atomic E-state index is 0.114. The molecule has 0 radical (unpaired) electrons. The zero-order chi connectivity index (χ0) is 13.0. The van der Waals surface area contributed by atoms with E-state index in [-0.39, 0.29) is 19.8 Å². The van der Waals surface area contributed by atoms with E-state index >= 15 is 0 Å². The molecule has 1 N–H and O–H groups in total. The van der Waals surface area contributed by atoms with Gasteiger partial charge in [-0.1, -0.05) is 30.3 Å². The Kier molecular flexibility index (Phi) is 3.78. The van der Waals surface area contributed by atoms with Crippen molar-refractivity contribution in [3.8, 4) is 0 Å². The molecule has 1 heterocycles. The molecule has 1 aromatic carbocycles. The first kappa shape index (κ1) is 12.4. The van der Waals surface area contributed by atoms with Gasteiger partial charge in [0.15, 0.2) is 0 Å². The highest BCUT2D eigenvalue weighted by Crippen LogP contribution is 2.12. The van der Waals surface area contributed by atoms with Crippen molar-refractivity contribution in [1.29, 1.82) is 0 Å².